The summed E-state index contributed by atoms with van der Waals surface area (Å²) in [5.41, 5.74) is 2.14. The molecule has 0 bridgehead atoms. The van der Waals surface area contributed by atoms with Crippen molar-refractivity contribution in [2.45, 2.75) is 24.7 Å². The molecule has 0 aliphatic carbocycles. The molecule has 1 amide bonds. The van der Waals surface area contributed by atoms with Gasteiger partial charge in [-0.3, -0.25) is 4.79 Å². The first kappa shape index (κ1) is 17.2. The monoisotopic (exact) mass is 332 g/mol. The van der Waals surface area contributed by atoms with Gasteiger partial charge in [0, 0.05) is 12.1 Å². The normalized spacial score (nSPS) is 12.7. The highest BCUT2D eigenvalue weighted by Crippen LogP contribution is 2.16. The molecule has 0 heterocycles. The average molecular weight is 332 g/mol. The molecule has 0 saturated carbocycles. The number of carbonyl (C=O) groups excluding carboxylic acids is 1. The van der Waals surface area contributed by atoms with E-state index in [1.54, 1.807) is 13.0 Å². The third-order valence-electron chi connectivity index (χ3n) is 3.72. The predicted octanol–water partition coefficient (Wildman–Crippen LogP) is 2.18. The molecule has 0 aliphatic rings. The Bertz CT molecular complexity index is 802. The van der Waals surface area contributed by atoms with E-state index in [0.29, 0.717) is 17.7 Å². The quantitative estimate of drug-likeness (QED) is 0.879. The first-order chi connectivity index (χ1) is 10.8. The van der Waals surface area contributed by atoms with Gasteiger partial charge in [-0.15, -0.1) is 0 Å². The van der Waals surface area contributed by atoms with E-state index in [1.165, 1.54) is 12.1 Å². The predicted molar refractivity (Wildman–Crippen MR) is 89.7 cm³/mol. The van der Waals surface area contributed by atoms with Crippen LogP contribution in [0.2, 0.25) is 0 Å². The van der Waals surface area contributed by atoms with E-state index in [2.05, 4.69) is 5.32 Å². The van der Waals surface area contributed by atoms with Crippen molar-refractivity contribution in [2.75, 3.05) is 6.54 Å². The maximum atomic E-state index is 12.3. The van der Waals surface area contributed by atoms with E-state index in [1.807, 2.05) is 37.3 Å². The Morgan fingerprint density at radius 2 is 1.83 bits per heavy atom. The molecular formula is C17H20N2O3S. The number of nitrogens with two attached hydrogens (primary N) is 1. The fourth-order valence-corrected chi connectivity index (χ4v) is 2.80. The Morgan fingerprint density at radius 1 is 1.17 bits per heavy atom. The van der Waals surface area contributed by atoms with Crippen LogP contribution < -0.4 is 10.5 Å². The summed E-state index contributed by atoms with van der Waals surface area (Å²) in [5.74, 6) is -0.155. The topological polar surface area (TPSA) is 89.3 Å². The minimum absolute atomic E-state index is 0.0654. The Kier molecular flexibility index (Phi) is 5.18. The zero-order valence-corrected chi connectivity index (χ0v) is 13.9. The van der Waals surface area contributed by atoms with Crippen LogP contribution in [-0.2, 0) is 10.0 Å². The van der Waals surface area contributed by atoms with Gasteiger partial charge < -0.3 is 5.32 Å². The van der Waals surface area contributed by atoms with Gasteiger partial charge in [0.25, 0.3) is 5.91 Å². The first-order valence-electron chi connectivity index (χ1n) is 7.25. The van der Waals surface area contributed by atoms with Gasteiger partial charge in [0.15, 0.2) is 0 Å². The van der Waals surface area contributed by atoms with E-state index in [0.717, 1.165) is 5.56 Å². The fraction of sp³-hybridized carbons (Fsp3) is 0.235. The number of amides is 1. The van der Waals surface area contributed by atoms with Crippen LogP contribution in [0.15, 0.2) is 53.4 Å². The number of hydrogen-bond donors (Lipinski definition) is 2. The van der Waals surface area contributed by atoms with Crippen LogP contribution in [-0.4, -0.2) is 20.9 Å². The zero-order chi connectivity index (χ0) is 17.0. The fourth-order valence-electron chi connectivity index (χ4n) is 2.26. The van der Waals surface area contributed by atoms with E-state index < -0.39 is 10.0 Å². The number of benzene rings is 2. The SMILES string of the molecule is Cc1ccc(S(N)(=O)=O)cc1C(=O)NCC(C)c1ccccc1. The highest BCUT2D eigenvalue weighted by atomic mass is 32.2. The summed E-state index contributed by atoms with van der Waals surface area (Å²) in [6.45, 7) is 4.23. The van der Waals surface area contributed by atoms with Gasteiger partial charge in [0.1, 0.15) is 0 Å². The Labute approximate surface area is 136 Å². The summed E-state index contributed by atoms with van der Waals surface area (Å²) in [4.78, 5) is 12.3. The van der Waals surface area contributed by atoms with Crippen LogP contribution in [0.5, 0.6) is 0 Å². The smallest absolute Gasteiger partial charge is 0.251 e. The lowest BCUT2D eigenvalue weighted by Gasteiger charge is -2.14. The van der Waals surface area contributed by atoms with Gasteiger partial charge in [0.05, 0.1) is 4.90 Å². The summed E-state index contributed by atoms with van der Waals surface area (Å²) in [6, 6.07) is 14.1. The molecule has 0 spiro atoms. The van der Waals surface area contributed by atoms with Crippen LogP contribution in [0.1, 0.15) is 34.3 Å². The maximum Gasteiger partial charge on any atom is 0.251 e. The van der Waals surface area contributed by atoms with Crippen LogP contribution >= 0.6 is 0 Å². The number of carbonyl (C=O) groups is 1. The number of rotatable bonds is 5. The zero-order valence-electron chi connectivity index (χ0n) is 13.1. The van der Waals surface area contributed by atoms with Gasteiger partial charge >= 0.3 is 0 Å². The van der Waals surface area contributed by atoms with E-state index in [-0.39, 0.29) is 16.7 Å². The van der Waals surface area contributed by atoms with Crippen LogP contribution in [0.4, 0.5) is 0 Å². The van der Waals surface area contributed by atoms with Crippen molar-refractivity contribution in [3.63, 3.8) is 0 Å². The van der Waals surface area contributed by atoms with Crippen molar-refractivity contribution in [1.29, 1.82) is 0 Å². The molecule has 1 unspecified atom stereocenters. The molecule has 0 aliphatic heterocycles. The molecular weight excluding hydrogens is 312 g/mol. The van der Waals surface area contributed by atoms with E-state index >= 15 is 0 Å². The van der Waals surface area contributed by atoms with E-state index in [4.69, 9.17) is 5.14 Å². The molecule has 3 N–H and O–H groups in total. The summed E-state index contributed by atoms with van der Waals surface area (Å²) in [7, 11) is -3.83. The molecule has 0 aromatic heterocycles. The lowest BCUT2D eigenvalue weighted by Crippen LogP contribution is -2.28. The second-order valence-corrected chi connectivity index (χ2v) is 7.10. The van der Waals surface area contributed by atoms with Gasteiger partial charge in [0.2, 0.25) is 10.0 Å². The summed E-state index contributed by atoms with van der Waals surface area (Å²) in [5, 5.41) is 7.96. The number of primary sulfonamides is 1. The molecule has 6 heteroatoms. The number of aryl methyl sites for hydroxylation is 1. The maximum absolute atomic E-state index is 12.3. The van der Waals surface area contributed by atoms with Crippen molar-refractivity contribution in [2.24, 2.45) is 5.14 Å². The third kappa shape index (κ3) is 4.40. The molecule has 1 atom stereocenters. The lowest BCUT2D eigenvalue weighted by atomic mass is 10.0. The van der Waals surface area contributed by atoms with Gasteiger partial charge in [-0.25, -0.2) is 13.6 Å². The van der Waals surface area contributed by atoms with Crippen LogP contribution in [0, 0.1) is 6.92 Å². The third-order valence-corrected chi connectivity index (χ3v) is 4.63. The molecule has 23 heavy (non-hydrogen) atoms. The minimum atomic E-state index is -3.83. The Balaban J connectivity index is 2.12. The molecule has 2 aromatic carbocycles. The van der Waals surface area contributed by atoms with Crippen molar-refractivity contribution >= 4 is 15.9 Å². The van der Waals surface area contributed by atoms with Gasteiger partial charge in [-0.1, -0.05) is 43.3 Å². The highest BCUT2D eigenvalue weighted by molar-refractivity contribution is 7.89. The van der Waals surface area contributed by atoms with Gasteiger partial charge in [-0.05, 0) is 36.1 Å². The number of hydrogen-bond acceptors (Lipinski definition) is 3. The van der Waals surface area contributed by atoms with Crippen molar-refractivity contribution in [1.82, 2.24) is 5.32 Å². The highest BCUT2D eigenvalue weighted by Gasteiger charge is 2.15. The standard InChI is InChI=1S/C17H20N2O3S/c1-12-8-9-15(23(18,21)22)10-16(12)17(20)19-11-13(2)14-6-4-3-5-7-14/h3-10,13H,11H2,1-2H3,(H,19,20)(H2,18,21,22). The van der Waals surface area contributed by atoms with Gasteiger partial charge in [-0.2, -0.15) is 0 Å². The second kappa shape index (κ2) is 6.93. The summed E-state index contributed by atoms with van der Waals surface area (Å²) < 4.78 is 22.8. The summed E-state index contributed by atoms with van der Waals surface area (Å²) in [6.07, 6.45) is 0. The van der Waals surface area contributed by atoms with Crippen molar-refractivity contribution in [3.05, 3.63) is 65.2 Å². The molecule has 5 nitrogen and oxygen atoms in total. The molecule has 0 saturated heterocycles. The average Bonchev–Trinajstić information content (AvgIpc) is 2.52. The molecule has 2 rings (SSSR count). The second-order valence-electron chi connectivity index (χ2n) is 5.54. The molecule has 2 aromatic rings. The molecule has 0 radical (unpaired) electrons. The number of sulfonamides is 1. The van der Waals surface area contributed by atoms with Crippen LogP contribution in [0.3, 0.4) is 0 Å². The summed E-state index contributed by atoms with van der Waals surface area (Å²) >= 11 is 0. The first-order valence-corrected chi connectivity index (χ1v) is 8.80. The largest absolute Gasteiger partial charge is 0.351 e. The lowest BCUT2D eigenvalue weighted by molar-refractivity contribution is 0.0951. The van der Waals surface area contributed by atoms with E-state index in [9.17, 15) is 13.2 Å². The minimum Gasteiger partial charge on any atom is -0.351 e. The molecule has 0 fully saturated rings. The van der Waals surface area contributed by atoms with Crippen LogP contribution in [0.25, 0.3) is 0 Å². The number of nitrogens with one attached hydrogen (secondary N) is 1. The van der Waals surface area contributed by atoms with Crippen molar-refractivity contribution in [3.8, 4) is 0 Å². The Hall–Kier alpha value is -2.18. The Morgan fingerprint density at radius 3 is 2.43 bits per heavy atom. The van der Waals surface area contributed by atoms with Crippen molar-refractivity contribution < 1.29 is 13.2 Å². The molecule has 122 valence electrons.